The summed E-state index contributed by atoms with van der Waals surface area (Å²) in [5.74, 6) is 0.0796. The second-order valence-corrected chi connectivity index (χ2v) is 7.48. The maximum atomic E-state index is 13.2. The van der Waals surface area contributed by atoms with Crippen molar-refractivity contribution in [2.75, 3.05) is 6.54 Å². The summed E-state index contributed by atoms with van der Waals surface area (Å²) in [5.41, 5.74) is 5.02. The molecule has 5 heteroatoms. The number of H-pyrrole nitrogens is 1. The van der Waals surface area contributed by atoms with Gasteiger partial charge >= 0.3 is 0 Å². The van der Waals surface area contributed by atoms with Gasteiger partial charge in [-0.1, -0.05) is 11.6 Å². The van der Waals surface area contributed by atoms with Gasteiger partial charge in [-0.3, -0.25) is 9.59 Å². The Morgan fingerprint density at radius 3 is 2.60 bits per heavy atom. The van der Waals surface area contributed by atoms with Crippen molar-refractivity contribution in [2.45, 2.75) is 59.5 Å². The van der Waals surface area contributed by atoms with Crippen molar-refractivity contribution in [3.8, 4) is 0 Å². The lowest BCUT2D eigenvalue weighted by Crippen LogP contribution is -2.45. The highest BCUT2D eigenvalue weighted by Gasteiger charge is 2.29. The fourth-order valence-corrected chi connectivity index (χ4v) is 3.72. The second-order valence-electron chi connectivity index (χ2n) is 7.48. The third kappa shape index (κ3) is 3.28. The lowest BCUT2D eigenvalue weighted by molar-refractivity contribution is -0.119. The number of aryl methyl sites for hydroxylation is 3. The van der Waals surface area contributed by atoms with E-state index in [1.807, 2.05) is 25.7 Å². The quantitative estimate of drug-likeness (QED) is 0.897. The zero-order valence-electron chi connectivity index (χ0n) is 15.7. The number of carbonyl (C=O) groups is 2. The molecule has 2 aromatic rings. The first kappa shape index (κ1) is 17.5. The van der Waals surface area contributed by atoms with Crippen LogP contribution in [0, 0.1) is 20.8 Å². The number of nitrogens with one attached hydrogen (secondary N) is 2. The number of hydrogen-bond donors (Lipinski definition) is 2. The topological polar surface area (TPSA) is 65.2 Å². The van der Waals surface area contributed by atoms with Gasteiger partial charge < -0.3 is 15.2 Å². The van der Waals surface area contributed by atoms with Gasteiger partial charge in [0.15, 0.2) is 0 Å². The molecule has 2 N–H and O–H groups in total. The molecule has 0 saturated carbocycles. The normalized spacial score (nSPS) is 17.4. The summed E-state index contributed by atoms with van der Waals surface area (Å²) in [6, 6.07) is 4.37. The summed E-state index contributed by atoms with van der Waals surface area (Å²) >= 11 is 0. The van der Waals surface area contributed by atoms with E-state index in [2.05, 4.69) is 36.3 Å². The van der Waals surface area contributed by atoms with Gasteiger partial charge in [-0.05, 0) is 58.2 Å². The average Bonchev–Trinajstić information content (AvgIpc) is 3.08. The van der Waals surface area contributed by atoms with Gasteiger partial charge in [0.05, 0.1) is 0 Å². The summed E-state index contributed by atoms with van der Waals surface area (Å²) in [6.45, 7) is 10.7. The first-order valence-corrected chi connectivity index (χ1v) is 8.97. The Morgan fingerprint density at radius 2 is 2.00 bits per heavy atom. The molecule has 1 unspecified atom stereocenters. The molecule has 1 fully saturated rings. The Morgan fingerprint density at radius 1 is 1.28 bits per heavy atom. The molecule has 1 aromatic heterocycles. The highest BCUT2D eigenvalue weighted by molar-refractivity contribution is 6.02. The maximum Gasteiger partial charge on any atom is 0.270 e. The predicted octanol–water partition coefficient (Wildman–Crippen LogP) is 3.22. The van der Waals surface area contributed by atoms with Crippen LogP contribution in [0.5, 0.6) is 0 Å². The lowest BCUT2D eigenvalue weighted by Gasteiger charge is -2.29. The van der Waals surface area contributed by atoms with Crippen LogP contribution in [0.25, 0.3) is 10.9 Å². The van der Waals surface area contributed by atoms with Gasteiger partial charge in [0.2, 0.25) is 5.91 Å². The molecule has 134 valence electrons. The summed E-state index contributed by atoms with van der Waals surface area (Å²) < 4.78 is 0. The number of aromatic amines is 1. The Balaban J connectivity index is 1.94. The summed E-state index contributed by atoms with van der Waals surface area (Å²) in [5, 5.41) is 4.07. The Hall–Kier alpha value is -2.30. The van der Waals surface area contributed by atoms with E-state index in [-0.39, 0.29) is 23.9 Å². The van der Waals surface area contributed by atoms with Crippen LogP contribution in [0.1, 0.15) is 53.9 Å². The standard InChI is InChI=1S/C20H27N3O2/c1-11(2)23(10-15-6-7-17(24)21-15)20(25)19-14(5)16-9-12(3)8-13(4)18(16)22-19/h8-9,11,15,22H,6-7,10H2,1-5H3,(H,21,24). The Kier molecular flexibility index (Phi) is 4.58. The van der Waals surface area contributed by atoms with Crippen molar-refractivity contribution in [3.63, 3.8) is 0 Å². The molecule has 0 bridgehead atoms. The van der Waals surface area contributed by atoms with Crippen LogP contribution in [0.4, 0.5) is 0 Å². The number of aromatic nitrogens is 1. The molecule has 1 aliphatic rings. The molecule has 5 nitrogen and oxygen atoms in total. The molecule has 1 atom stereocenters. The number of fused-ring (bicyclic) bond motifs is 1. The minimum Gasteiger partial charge on any atom is -0.352 e. The molecule has 2 amide bonds. The van der Waals surface area contributed by atoms with Crippen molar-refractivity contribution < 1.29 is 9.59 Å². The molecular weight excluding hydrogens is 314 g/mol. The van der Waals surface area contributed by atoms with Gasteiger partial charge in [0.25, 0.3) is 5.91 Å². The molecule has 1 saturated heterocycles. The molecule has 0 radical (unpaired) electrons. The average molecular weight is 341 g/mol. The van der Waals surface area contributed by atoms with Crippen LogP contribution in [0.15, 0.2) is 12.1 Å². The minimum absolute atomic E-state index is 0.00176. The van der Waals surface area contributed by atoms with Crippen LogP contribution in [0.3, 0.4) is 0 Å². The van der Waals surface area contributed by atoms with Crippen molar-refractivity contribution in [2.24, 2.45) is 0 Å². The molecule has 3 rings (SSSR count). The van der Waals surface area contributed by atoms with Crippen molar-refractivity contribution in [3.05, 3.63) is 34.5 Å². The summed E-state index contributed by atoms with van der Waals surface area (Å²) in [7, 11) is 0. The Labute approximate surface area is 148 Å². The van der Waals surface area contributed by atoms with Crippen LogP contribution >= 0.6 is 0 Å². The van der Waals surface area contributed by atoms with E-state index >= 15 is 0 Å². The van der Waals surface area contributed by atoms with Crippen LogP contribution in [-0.4, -0.2) is 40.3 Å². The van der Waals surface area contributed by atoms with Crippen LogP contribution in [-0.2, 0) is 4.79 Å². The number of hydrogen-bond acceptors (Lipinski definition) is 2. The highest BCUT2D eigenvalue weighted by Crippen LogP contribution is 2.27. The zero-order valence-corrected chi connectivity index (χ0v) is 15.7. The minimum atomic E-state index is 0.00176. The van der Waals surface area contributed by atoms with E-state index in [0.29, 0.717) is 18.7 Å². The van der Waals surface area contributed by atoms with Crippen molar-refractivity contribution >= 4 is 22.7 Å². The smallest absolute Gasteiger partial charge is 0.270 e. The van der Waals surface area contributed by atoms with E-state index in [1.165, 1.54) is 5.56 Å². The third-order valence-corrected chi connectivity index (χ3v) is 5.11. The molecule has 2 heterocycles. The van der Waals surface area contributed by atoms with Gasteiger partial charge in [-0.2, -0.15) is 0 Å². The predicted molar refractivity (Wildman–Crippen MR) is 99.8 cm³/mol. The van der Waals surface area contributed by atoms with Crippen molar-refractivity contribution in [1.82, 2.24) is 15.2 Å². The fraction of sp³-hybridized carbons (Fsp3) is 0.500. The molecule has 1 aliphatic heterocycles. The summed E-state index contributed by atoms with van der Waals surface area (Å²) in [6.07, 6.45) is 1.34. The van der Waals surface area contributed by atoms with Gasteiger partial charge in [0.1, 0.15) is 5.69 Å². The molecule has 1 aromatic carbocycles. The van der Waals surface area contributed by atoms with Crippen LogP contribution < -0.4 is 5.32 Å². The van der Waals surface area contributed by atoms with E-state index in [4.69, 9.17) is 0 Å². The van der Waals surface area contributed by atoms with E-state index in [9.17, 15) is 9.59 Å². The highest BCUT2D eigenvalue weighted by atomic mass is 16.2. The zero-order chi connectivity index (χ0) is 18.3. The van der Waals surface area contributed by atoms with Gasteiger partial charge in [-0.15, -0.1) is 0 Å². The van der Waals surface area contributed by atoms with Crippen molar-refractivity contribution in [1.29, 1.82) is 0 Å². The van der Waals surface area contributed by atoms with E-state index in [0.717, 1.165) is 28.5 Å². The third-order valence-electron chi connectivity index (χ3n) is 5.11. The van der Waals surface area contributed by atoms with E-state index < -0.39 is 0 Å². The number of rotatable bonds is 4. The number of benzene rings is 1. The molecule has 0 aliphatic carbocycles. The second kappa shape index (κ2) is 6.54. The van der Waals surface area contributed by atoms with Crippen LogP contribution in [0.2, 0.25) is 0 Å². The number of carbonyl (C=O) groups excluding carboxylic acids is 2. The monoisotopic (exact) mass is 341 g/mol. The molecule has 25 heavy (non-hydrogen) atoms. The Bertz CT molecular complexity index is 835. The number of amides is 2. The van der Waals surface area contributed by atoms with Gasteiger partial charge in [-0.25, -0.2) is 0 Å². The molecular formula is C20H27N3O2. The fourth-order valence-electron chi connectivity index (χ4n) is 3.72. The van der Waals surface area contributed by atoms with E-state index in [1.54, 1.807) is 0 Å². The first-order valence-electron chi connectivity index (χ1n) is 8.97. The van der Waals surface area contributed by atoms with Gasteiger partial charge in [0, 0.05) is 36.0 Å². The summed E-state index contributed by atoms with van der Waals surface area (Å²) in [4.78, 5) is 29.9. The number of nitrogens with zero attached hydrogens (tertiary/aromatic N) is 1. The SMILES string of the molecule is Cc1cc(C)c2[nH]c(C(=O)N(CC3CCC(=O)N3)C(C)C)c(C)c2c1. The molecule has 0 spiro atoms. The lowest BCUT2D eigenvalue weighted by atomic mass is 10.1. The first-order chi connectivity index (χ1) is 11.8. The largest absolute Gasteiger partial charge is 0.352 e. The maximum absolute atomic E-state index is 13.2.